The summed E-state index contributed by atoms with van der Waals surface area (Å²) >= 11 is 0. The van der Waals surface area contributed by atoms with Crippen LogP contribution in [0, 0.1) is 11.3 Å². The van der Waals surface area contributed by atoms with Gasteiger partial charge in [0.15, 0.2) is 0 Å². The molecule has 0 fully saturated rings. The zero-order chi connectivity index (χ0) is 16.9. The molecule has 0 aliphatic carbocycles. The van der Waals surface area contributed by atoms with Crippen molar-refractivity contribution in [2.45, 2.75) is 0 Å². The normalized spacial score (nSPS) is 9.96. The Morgan fingerprint density at radius 1 is 0.750 bits per heavy atom. The first-order chi connectivity index (χ1) is 11.7. The van der Waals surface area contributed by atoms with Crippen LogP contribution in [0.15, 0.2) is 66.7 Å². The van der Waals surface area contributed by atoms with Gasteiger partial charge in [0.25, 0.3) is 0 Å². The Kier molecular flexibility index (Phi) is 4.21. The molecule has 0 saturated carbocycles. The number of amides is 2. The molecule has 3 aromatic rings. The Morgan fingerprint density at radius 2 is 1.33 bits per heavy atom. The Hall–Kier alpha value is -3.65. The van der Waals surface area contributed by atoms with Gasteiger partial charge in [-0.25, -0.2) is 0 Å². The second-order valence-electron chi connectivity index (χ2n) is 5.16. The van der Waals surface area contributed by atoms with Crippen molar-refractivity contribution in [1.29, 1.82) is 5.26 Å². The van der Waals surface area contributed by atoms with Crippen molar-refractivity contribution >= 4 is 34.0 Å². The highest BCUT2D eigenvalue weighted by atomic mass is 16.2. The van der Waals surface area contributed by atoms with Crippen LogP contribution in [-0.2, 0) is 9.59 Å². The number of carbonyl (C=O) groups is 2. The lowest BCUT2D eigenvalue weighted by Crippen LogP contribution is -2.29. The molecule has 2 N–H and O–H groups in total. The van der Waals surface area contributed by atoms with Crippen molar-refractivity contribution < 1.29 is 9.59 Å². The number of nitrogens with zero attached hydrogens (tertiary/aromatic N) is 1. The van der Waals surface area contributed by atoms with Gasteiger partial charge in [-0.15, -0.1) is 0 Å². The van der Waals surface area contributed by atoms with E-state index >= 15 is 0 Å². The third-order valence-corrected chi connectivity index (χ3v) is 3.49. The number of hydrogen-bond donors (Lipinski definition) is 2. The lowest BCUT2D eigenvalue weighted by molar-refractivity contribution is -0.132. The molecule has 0 saturated heterocycles. The molecular weight excluding hydrogens is 302 g/mol. The van der Waals surface area contributed by atoms with Crippen molar-refractivity contribution in [3.63, 3.8) is 0 Å². The van der Waals surface area contributed by atoms with Crippen LogP contribution in [0.25, 0.3) is 10.8 Å². The van der Waals surface area contributed by atoms with E-state index in [0.29, 0.717) is 16.9 Å². The molecule has 0 heterocycles. The first kappa shape index (κ1) is 15.3. The predicted octanol–water partition coefficient (Wildman–Crippen LogP) is 3.29. The smallest absolute Gasteiger partial charge is 0.314 e. The van der Waals surface area contributed by atoms with E-state index in [0.717, 1.165) is 10.8 Å². The van der Waals surface area contributed by atoms with E-state index in [1.54, 1.807) is 30.3 Å². The maximum Gasteiger partial charge on any atom is 0.314 e. The van der Waals surface area contributed by atoms with Crippen LogP contribution in [0.1, 0.15) is 5.56 Å². The number of hydrogen-bond acceptors (Lipinski definition) is 3. The van der Waals surface area contributed by atoms with Gasteiger partial charge in [-0.1, -0.05) is 30.3 Å². The monoisotopic (exact) mass is 315 g/mol. The van der Waals surface area contributed by atoms with E-state index in [1.807, 2.05) is 42.5 Å². The number of anilines is 2. The number of nitriles is 1. The fourth-order valence-corrected chi connectivity index (χ4v) is 2.27. The van der Waals surface area contributed by atoms with E-state index in [4.69, 9.17) is 5.26 Å². The molecular formula is C19H13N3O2. The number of rotatable bonds is 2. The highest BCUT2D eigenvalue weighted by Crippen LogP contribution is 2.18. The molecule has 0 spiro atoms. The Morgan fingerprint density at radius 3 is 2.00 bits per heavy atom. The molecule has 0 radical (unpaired) electrons. The number of fused-ring (bicyclic) bond motifs is 1. The minimum atomic E-state index is -0.770. The Balaban J connectivity index is 1.68. The van der Waals surface area contributed by atoms with Crippen LogP contribution in [0.2, 0.25) is 0 Å². The maximum absolute atomic E-state index is 12.0. The van der Waals surface area contributed by atoms with E-state index < -0.39 is 11.8 Å². The Bertz CT molecular complexity index is 956. The van der Waals surface area contributed by atoms with Gasteiger partial charge >= 0.3 is 11.8 Å². The van der Waals surface area contributed by atoms with Gasteiger partial charge in [0.05, 0.1) is 11.6 Å². The number of carbonyl (C=O) groups excluding carboxylic acids is 2. The fraction of sp³-hybridized carbons (Fsp3) is 0. The first-order valence-electron chi connectivity index (χ1n) is 7.27. The maximum atomic E-state index is 12.0. The molecule has 0 unspecified atom stereocenters. The summed E-state index contributed by atoms with van der Waals surface area (Å²) < 4.78 is 0. The summed E-state index contributed by atoms with van der Waals surface area (Å²) in [5.41, 5.74) is 1.48. The largest absolute Gasteiger partial charge is 0.318 e. The molecule has 0 atom stereocenters. The van der Waals surface area contributed by atoms with Gasteiger partial charge in [0, 0.05) is 11.4 Å². The fourth-order valence-electron chi connectivity index (χ4n) is 2.27. The van der Waals surface area contributed by atoms with E-state index in [2.05, 4.69) is 10.6 Å². The number of nitrogens with one attached hydrogen (secondary N) is 2. The molecule has 3 rings (SSSR count). The average Bonchev–Trinajstić information content (AvgIpc) is 2.62. The molecule has 3 aromatic carbocycles. The van der Waals surface area contributed by atoms with Crippen molar-refractivity contribution in [3.8, 4) is 6.07 Å². The van der Waals surface area contributed by atoms with Gasteiger partial charge in [-0.2, -0.15) is 5.26 Å². The van der Waals surface area contributed by atoms with Crippen molar-refractivity contribution in [3.05, 3.63) is 72.3 Å². The average molecular weight is 315 g/mol. The quantitative estimate of drug-likeness (QED) is 0.712. The molecule has 0 aliphatic heterocycles. The van der Waals surface area contributed by atoms with Gasteiger partial charge in [0.1, 0.15) is 0 Å². The molecule has 116 valence electrons. The van der Waals surface area contributed by atoms with Gasteiger partial charge in [-0.3, -0.25) is 9.59 Å². The lowest BCUT2D eigenvalue weighted by atomic mass is 10.1. The zero-order valence-corrected chi connectivity index (χ0v) is 12.6. The summed E-state index contributed by atoms with van der Waals surface area (Å²) in [5, 5.41) is 15.8. The first-order valence-corrected chi connectivity index (χ1v) is 7.27. The van der Waals surface area contributed by atoms with Crippen molar-refractivity contribution in [2.75, 3.05) is 10.6 Å². The molecule has 5 heteroatoms. The minimum absolute atomic E-state index is 0.452. The highest BCUT2D eigenvalue weighted by Gasteiger charge is 2.14. The summed E-state index contributed by atoms with van der Waals surface area (Å²) in [6.45, 7) is 0. The molecule has 0 aliphatic rings. The topological polar surface area (TPSA) is 82.0 Å². The van der Waals surface area contributed by atoms with Crippen LogP contribution >= 0.6 is 0 Å². The van der Waals surface area contributed by atoms with Crippen LogP contribution < -0.4 is 10.6 Å². The summed E-state index contributed by atoms with van der Waals surface area (Å²) in [4.78, 5) is 23.9. The van der Waals surface area contributed by atoms with Gasteiger partial charge in [-0.05, 0) is 47.2 Å². The lowest BCUT2D eigenvalue weighted by Gasteiger charge is -2.07. The van der Waals surface area contributed by atoms with Crippen LogP contribution in [-0.4, -0.2) is 11.8 Å². The van der Waals surface area contributed by atoms with Crippen LogP contribution in [0.5, 0.6) is 0 Å². The second-order valence-corrected chi connectivity index (χ2v) is 5.16. The standard InChI is InChI=1S/C19H13N3O2/c20-12-13-5-8-16(9-6-13)21-18(23)19(24)22-17-10-7-14-3-1-2-4-15(14)11-17/h1-11H,(H,21,23)(H,22,24). The van der Waals surface area contributed by atoms with E-state index in [-0.39, 0.29) is 0 Å². The van der Waals surface area contributed by atoms with Gasteiger partial charge < -0.3 is 10.6 Å². The molecule has 24 heavy (non-hydrogen) atoms. The minimum Gasteiger partial charge on any atom is -0.318 e. The molecule has 0 bridgehead atoms. The molecule has 0 aromatic heterocycles. The summed E-state index contributed by atoms with van der Waals surface area (Å²) in [6, 6.07) is 21.4. The third-order valence-electron chi connectivity index (χ3n) is 3.49. The molecule has 5 nitrogen and oxygen atoms in total. The van der Waals surface area contributed by atoms with E-state index in [9.17, 15) is 9.59 Å². The zero-order valence-electron chi connectivity index (χ0n) is 12.6. The predicted molar refractivity (Wildman–Crippen MR) is 92.4 cm³/mol. The summed E-state index contributed by atoms with van der Waals surface area (Å²) in [6.07, 6.45) is 0. The van der Waals surface area contributed by atoms with Crippen molar-refractivity contribution in [2.24, 2.45) is 0 Å². The highest BCUT2D eigenvalue weighted by molar-refractivity contribution is 6.43. The van der Waals surface area contributed by atoms with Gasteiger partial charge in [0.2, 0.25) is 0 Å². The van der Waals surface area contributed by atoms with Crippen LogP contribution in [0.3, 0.4) is 0 Å². The van der Waals surface area contributed by atoms with E-state index in [1.165, 1.54) is 0 Å². The van der Waals surface area contributed by atoms with Crippen molar-refractivity contribution in [1.82, 2.24) is 0 Å². The summed E-state index contributed by atoms with van der Waals surface area (Å²) in [7, 11) is 0. The Labute approximate surface area is 138 Å². The van der Waals surface area contributed by atoms with Crippen LogP contribution in [0.4, 0.5) is 11.4 Å². The second kappa shape index (κ2) is 6.63. The SMILES string of the molecule is N#Cc1ccc(NC(=O)C(=O)Nc2ccc3ccccc3c2)cc1. The number of benzene rings is 3. The third kappa shape index (κ3) is 3.39. The molecule has 2 amide bonds. The summed E-state index contributed by atoms with van der Waals surface area (Å²) in [5.74, 6) is -1.53.